The third-order valence-corrected chi connectivity index (χ3v) is 2.42. The standard InChI is InChI=1S/C10H16ClN3/c1-5-8-10(11)7(2)12-9(13-8)6-14(3)4/h5-6H2,1-4H3. The SMILES string of the molecule is CCc1nc(CN(C)C)nc(C)c1Cl. The quantitative estimate of drug-likeness (QED) is 0.770. The molecule has 14 heavy (non-hydrogen) atoms. The van der Waals surface area contributed by atoms with Crippen LogP contribution in [0.1, 0.15) is 24.1 Å². The highest BCUT2D eigenvalue weighted by Crippen LogP contribution is 2.18. The van der Waals surface area contributed by atoms with Crippen molar-refractivity contribution < 1.29 is 0 Å². The largest absolute Gasteiger partial charge is 0.302 e. The smallest absolute Gasteiger partial charge is 0.142 e. The Morgan fingerprint density at radius 3 is 2.43 bits per heavy atom. The zero-order chi connectivity index (χ0) is 10.7. The van der Waals surface area contributed by atoms with E-state index in [-0.39, 0.29) is 0 Å². The molecule has 0 aliphatic heterocycles. The molecule has 0 saturated carbocycles. The van der Waals surface area contributed by atoms with Crippen molar-refractivity contribution in [2.45, 2.75) is 26.8 Å². The number of rotatable bonds is 3. The topological polar surface area (TPSA) is 29.0 Å². The van der Waals surface area contributed by atoms with E-state index in [0.29, 0.717) is 5.02 Å². The van der Waals surface area contributed by atoms with E-state index in [1.54, 1.807) is 0 Å². The Hall–Kier alpha value is -0.670. The summed E-state index contributed by atoms with van der Waals surface area (Å²) in [7, 11) is 4.00. The van der Waals surface area contributed by atoms with Gasteiger partial charge in [0.25, 0.3) is 0 Å². The van der Waals surface area contributed by atoms with Crippen LogP contribution in [0.5, 0.6) is 0 Å². The molecule has 0 aromatic carbocycles. The van der Waals surface area contributed by atoms with E-state index in [1.165, 1.54) is 0 Å². The molecule has 0 atom stereocenters. The predicted molar refractivity (Wildman–Crippen MR) is 58.5 cm³/mol. The first-order valence-electron chi connectivity index (χ1n) is 4.71. The molecule has 1 aromatic heterocycles. The molecule has 0 spiro atoms. The van der Waals surface area contributed by atoms with Crippen LogP contribution in [-0.4, -0.2) is 29.0 Å². The van der Waals surface area contributed by atoms with Gasteiger partial charge in [0.15, 0.2) is 0 Å². The van der Waals surface area contributed by atoms with Crippen LogP contribution in [0.4, 0.5) is 0 Å². The van der Waals surface area contributed by atoms with Gasteiger partial charge in [0.2, 0.25) is 0 Å². The summed E-state index contributed by atoms with van der Waals surface area (Å²) in [6, 6.07) is 0. The summed E-state index contributed by atoms with van der Waals surface area (Å²) < 4.78 is 0. The van der Waals surface area contributed by atoms with Gasteiger partial charge in [-0.1, -0.05) is 18.5 Å². The van der Waals surface area contributed by atoms with Crippen molar-refractivity contribution in [1.29, 1.82) is 0 Å². The van der Waals surface area contributed by atoms with Gasteiger partial charge in [-0.25, -0.2) is 9.97 Å². The number of aromatic nitrogens is 2. The summed E-state index contributed by atoms with van der Waals surface area (Å²) in [6.07, 6.45) is 0.850. The maximum Gasteiger partial charge on any atom is 0.142 e. The summed E-state index contributed by atoms with van der Waals surface area (Å²) in [5, 5.41) is 0.704. The molecule has 78 valence electrons. The van der Waals surface area contributed by atoms with Gasteiger partial charge in [0.05, 0.1) is 23.0 Å². The third-order valence-electron chi connectivity index (χ3n) is 1.92. The molecule has 0 N–H and O–H groups in total. The molecule has 0 amide bonds. The van der Waals surface area contributed by atoms with Gasteiger partial charge in [-0.15, -0.1) is 0 Å². The highest BCUT2D eigenvalue weighted by atomic mass is 35.5. The van der Waals surface area contributed by atoms with Crippen molar-refractivity contribution in [3.63, 3.8) is 0 Å². The van der Waals surface area contributed by atoms with E-state index >= 15 is 0 Å². The molecular formula is C10H16ClN3. The summed E-state index contributed by atoms with van der Waals surface area (Å²) in [6.45, 7) is 4.72. The molecule has 0 radical (unpaired) electrons. The van der Waals surface area contributed by atoms with Crippen molar-refractivity contribution in [2.75, 3.05) is 14.1 Å². The second kappa shape index (κ2) is 4.71. The molecule has 0 unspecified atom stereocenters. The highest BCUT2D eigenvalue weighted by molar-refractivity contribution is 6.31. The number of nitrogens with zero attached hydrogens (tertiary/aromatic N) is 3. The zero-order valence-electron chi connectivity index (χ0n) is 9.13. The minimum absolute atomic E-state index is 0.704. The van der Waals surface area contributed by atoms with Crippen molar-refractivity contribution in [3.8, 4) is 0 Å². The lowest BCUT2D eigenvalue weighted by molar-refractivity contribution is 0.389. The lowest BCUT2D eigenvalue weighted by atomic mass is 10.2. The molecule has 0 aliphatic rings. The Bertz CT molecular complexity index is 323. The number of aryl methyl sites for hydroxylation is 2. The van der Waals surface area contributed by atoms with Gasteiger partial charge >= 0.3 is 0 Å². The molecule has 3 nitrogen and oxygen atoms in total. The summed E-state index contributed by atoms with van der Waals surface area (Å²) >= 11 is 6.06. The van der Waals surface area contributed by atoms with Crippen molar-refractivity contribution >= 4 is 11.6 Å². The fourth-order valence-corrected chi connectivity index (χ4v) is 1.49. The average Bonchev–Trinajstić information content (AvgIpc) is 2.10. The van der Waals surface area contributed by atoms with Gasteiger partial charge in [-0.3, -0.25) is 0 Å². The Labute approximate surface area is 90.1 Å². The van der Waals surface area contributed by atoms with Crippen LogP contribution in [0.3, 0.4) is 0 Å². The van der Waals surface area contributed by atoms with E-state index in [0.717, 1.165) is 30.2 Å². The molecule has 0 aliphatic carbocycles. The fourth-order valence-electron chi connectivity index (χ4n) is 1.27. The van der Waals surface area contributed by atoms with E-state index < -0.39 is 0 Å². The average molecular weight is 214 g/mol. The van der Waals surface area contributed by atoms with Crippen LogP contribution in [0.2, 0.25) is 5.02 Å². The highest BCUT2D eigenvalue weighted by Gasteiger charge is 2.08. The molecule has 1 aromatic rings. The van der Waals surface area contributed by atoms with Crippen molar-refractivity contribution in [2.24, 2.45) is 0 Å². The Morgan fingerprint density at radius 2 is 1.93 bits per heavy atom. The molecule has 1 rings (SSSR count). The van der Waals surface area contributed by atoms with Crippen LogP contribution in [0.15, 0.2) is 0 Å². The maximum absolute atomic E-state index is 6.06. The maximum atomic E-state index is 6.06. The number of hydrogen-bond donors (Lipinski definition) is 0. The Balaban J connectivity index is 3.03. The predicted octanol–water partition coefficient (Wildman–Crippen LogP) is 2.06. The van der Waals surface area contributed by atoms with E-state index in [9.17, 15) is 0 Å². The molecule has 4 heteroatoms. The zero-order valence-corrected chi connectivity index (χ0v) is 9.89. The molecular weight excluding hydrogens is 198 g/mol. The monoisotopic (exact) mass is 213 g/mol. The lowest BCUT2D eigenvalue weighted by Gasteiger charge is -2.11. The van der Waals surface area contributed by atoms with E-state index in [4.69, 9.17) is 11.6 Å². The summed E-state index contributed by atoms with van der Waals surface area (Å²) in [5.41, 5.74) is 1.81. The van der Waals surface area contributed by atoms with Gasteiger partial charge in [-0.2, -0.15) is 0 Å². The second-order valence-corrected chi connectivity index (χ2v) is 3.96. The van der Waals surface area contributed by atoms with Crippen molar-refractivity contribution in [3.05, 3.63) is 22.2 Å². The molecule has 0 saturated heterocycles. The van der Waals surface area contributed by atoms with Crippen molar-refractivity contribution in [1.82, 2.24) is 14.9 Å². The minimum Gasteiger partial charge on any atom is -0.302 e. The van der Waals surface area contributed by atoms with Gasteiger partial charge in [0, 0.05) is 0 Å². The van der Waals surface area contributed by atoms with Crippen LogP contribution in [-0.2, 0) is 13.0 Å². The van der Waals surface area contributed by atoms with Gasteiger partial charge < -0.3 is 4.90 Å². The van der Waals surface area contributed by atoms with Crippen LogP contribution < -0.4 is 0 Å². The second-order valence-electron chi connectivity index (χ2n) is 3.58. The van der Waals surface area contributed by atoms with Crippen LogP contribution in [0, 0.1) is 6.92 Å². The summed E-state index contributed by atoms with van der Waals surface area (Å²) in [5.74, 6) is 0.841. The normalized spacial score (nSPS) is 11.0. The van der Waals surface area contributed by atoms with Gasteiger partial charge in [-0.05, 0) is 27.4 Å². The molecule has 0 bridgehead atoms. The Kier molecular flexibility index (Phi) is 3.84. The minimum atomic E-state index is 0.704. The molecule has 0 fully saturated rings. The first-order valence-corrected chi connectivity index (χ1v) is 5.09. The number of halogens is 1. The first kappa shape index (κ1) is 11.4. The van der Waals surface area contributed by atoms with E-state index in [1.807, 2.05) is 32.8 Å². The van der Waals surface area contributed by atoms with Crippen LogP contribution >= 0.6 is 11.6 Å². The van der Waals surface area contributed by atoms with Gasteiger partial charge in [0.1, 0.15) is 5.82 Å². The fraction of sp³-hybridized carbons (Fsp3) is 0.600. The van der Waals surface area contributed by atoms with Crippen LogP contribution in [0.25, 0.3) is 0 Å². The number of hydrogen-bond acceptors (Lipinski definition) is 3. The first-order chi connectivity index (χ1) is 6.54. The Morgan fingerprint density at radius 1 is 1.29 bits per heavy atom. The molecule has 1 heterocycles. The van der Waals surface area contributed by atoms with E-state index in [2.05, 4.69) is 9.97 Å². The summed E-state index contributed by atoms with van der Waals surface area (Å²) in [4.78, 5) is 10.8. The lowest BCUT2D eigenvalue weighted by Crippen LogP contribution is -2.15. The third kappa shape index (κ3) is 2.66.